The molecule has 0 radical (unpaired) electrons. The van der Waals surface area contributed by atoms with Crippen LogP contribution in [0, 0.1) is 0 Å². The van der Waals surface area contributed by atoms with Crippen molar-refractivity contribution in [2.24, 2.45) is 0 Å². The molecule has 2 aliphatic heterocycles. The molecule has 4 heteroatoms. The maximum absolute atomic E-state index is 10.8. The van der Waals surface area contributed by atoms with E-state index in [-0.39, 0.29) is 6.03 Å². The monoisotopic (exact) mass is 202 g/mol. The van der Waals surface area contributed by atoms with Gasteiger partial charge in [-0.3, -0.25) is 0 Å². The number of carbonyl (C=O) groups is 1. The number of rotatable bonds is 0. The Morgan fingerprint density at radius 3 is 2.62 bits per heavy atom. The van der Waals surface area contributed by atoms with Crippen LogP contribution in [0.4, 0.5) is 4.79 Å². The number of amides is 2. The molecule has 2 fully saturated rings. The van der Waals surface area contributed by atoms with E-state index < -0.39 is 0 Å². The summed E-state index contributed by atoms with van der Waals surface area (Å²) in [6, 6.07) is 0.757. The van der Waals surface area contributed by atoms with Crippen molar-refractivity contribution in [3.63, 3.8) is 0 Å². The minimum absolute atomic E-state index is 0.00199. The average Bonchev–Trinajstić information content (AvgIpc) is 2.55. The minimum Gasteiger partial charge on any atom is -0.332 e. The number of thioether (sulfide) groups is 1. The summed E-state index contributed by atoms with van der Waals surface area (Å²) < 4.78 is 0. The predicted molar refractivity (Wildman–Crippen MR) is 57.1 cm³/mol. The van der Waals surface area contributed by atoms with E-state index in [9.17, 15) is 4.79 Å². The first-order valence-corrected chi connectivity index (χ1v) is 5.92. The zero-order valence-corrected chi connectivity index (χ0v) is 9.28. The number of hydrogen-bond donors (Lipinski definition) is 2. The zero-order chi connectivity index (χ0) is 9.84. The molecule has 0 aliphatic carbocycles. The molecule has 0 bridgehead atoms. The molecule has 0 aromatic heterocycles. The lowest BCUT2D eigenvalue weighted by Crippen LogP contribution is -2.35. The molecule has 0 aromatic carbocycles. The maximum atomic E-state index is 10.8. The Morgan fingerprint density at radius 1 is 1.46 bits per heavy atom. The third-order valence-corrected chi connectivity index (χ3v) is 3.46. The van der Waals surface area contributed by atoms with Crippen molar-refractivity contribution in [3.05, 3.63) is 0 Å². The van der Waals surface area contributed by atoms with Gasteiger partial charge in [0.25, 0.3) is 0 Å². The Morgan fingerprint density at radius 2 is 2.08 bits per heavy atom. The summed E-state index contributed by atoms with van der Waals surface area (Å²) in [5.41, 5.74) is 0. The smallest absolute Gasteiger partial charge is 0.315 e. The van der Waals surface area contributed by atoms with Crippen LogP contribution in [-0.4, -0.2) is 29.1 Å². The van der Waals surface area contributed by atoms with Gasteiger partial charge in [0.05, 0.1) is 12.1 Å². The molecule has 2 N–H and O–H groups in total. The van der Waals surface area contributed by atoms with Crippen LogP contribution in [0.15, 0.2) is 0 Å². The summed E-state index contributed by atoms with van der Waals surface area (Å²) in [4.78, 5) is 10.8. The molecule has 2 amide bonds. The number of nitrogens with one attached hydrogen (secondary N) is 2. The topological polar surface area (TPSA) is 41.1 Å². The van der Waals surface area contributed by atoms with Crippen molar-refractivity contribution in [2.45, 2.75) is 44.5 Å². The molecule has 0 aromatic rings. The fourth-order valence-electron chi connectivity index (χ4n) is 1.50. The first-order chi connectivity index (χ1) is 6.19. The molecule has 0 spiro atoms. The van der Waals surface area contributed by atoms with Gasteiger partial charge in [-0.15, -0.1) is 0 Å². The highest BCUT2D eigenvalue weighted by atomic mass is 32.2. The van der Waals surface area contributed by atoms with Gasteiger partial charge < -0.3 is 10.6 Å². The van der Waals surface area contributed by atoms with Gasteiger partial charge in [-0.1, -0.05) is 27.2 Å². The van der Waals surface area contributed by atoms with Gasteiger partial charge in [0.15, 0.2) is 0 Å². The Hall–Kier alpha value is -0.380. The molecule has 2 saturated heterocycles. The molecule has 2 aliphatic rings. The second-order valence-electron chi connectivity index (χ2n) is 3.50. The van der Waals surface area contributed by atoms with Crippen LogP contribution in [0.3, 0.4) is 0 Å². The van der Waals surface area contributed by atoms with Crippen LogP contribution < -0.4 is 10.6 Å². The molecule has 2 heterocycles. The van der Waals surface area contributed by atoms with Crippen LogP contribution in [0.5, 0.6) is 0 Å². The van der Waals surface area contributed by atoms with Crippen molar-refractivity contribution >= 4 is 17.8 Å². The fourth-order valence-corrected chi connectivity index (χ4v) is 2.77. The number of fused-ring (bicyclic) bond motifs is 1. The third kappa shape index (κ3) is 2.53. The van der Waals surface area contributed by atoms with E-state index in [1.807, 2.05) is 11.8 Å². The lowest BCUT2D eigenvalue weighted by molar-refractivity contribution is 0.247. The fraction of sp³-hybridized carbons (Fsp3) is 0.889. The third-order valence-electron chi connectivity index (χ3n) is 2.09. The number of urea groups is 1. The van der Waals surface area contributed by atoms with E-state index in [0.29, 0.717) is 17.3 Å². The molecule has 3 unspecified atom stereocenters. The standard InChI is InChI=1S/C6H10N2OS.C3H8/c1-3-5-4(2-10-3)7-6(9)8-5;1-3-2/h3-5H,2H2,1H3,(H2,7,8,9);3H2,1-2H3. The van der Waals surface area contributed by atoms with Gasteiger partial charge >= 0.3 is 6.03 Å². The highest BCUT2D eigenvalue weighted by Gasteiger charge is 2.40. The van der Waals surface area contributed by atoms with Gasteiger partial charge in [-0.25, -0.2) is 4.79 Å². The van der Waals surface area contributed by atoms with Crippen molar-refractivity contribution in [2.75, 3.05) is 5.75 Å². The second-order valence-corrected chi connectivity index (χ2v) is 4.91. The summed E-state index contributed by atoms with van der Waals surface area (Å²) >= 11 is 1.91. The molecule has 3 atom stereocenters. The molecule has 0 saturated carbocycles. The van der Waals surface area contributed by atoms with E-state index in [1.54, 1.807) is 0 Å². The van der Waals surface area contributed by atoms with Crippen molar-refractivity contribution in [1.82, 2.24) is 10.6 Å². The summed E-state index contributed by atoms with van der Waals surface area (Å²) in [5, 5.41) is 6.34. The van der Waals surface area contributed by atoms with E-state index >= 15 is 0 Å². The van der Waals surface area contributed by atoms with Gasteiger partial charge in [-0.05, 0) is 0 Å². The van der Waals surface area contributed by atoms with Crippen LogP contribution in [0.1, 0.15) is 27.2 Å². The Kier molecular flexibility index (Phi) is 3.90. The molecule has 3 nitrogen and oxygen atoms in total. The van der Waals surface area contributed by atoms with Crippen molar-refractivity contribution in [1.29, 1.82) is 0 Å². The molecule has 2 rings (SSSR count). The van der Waals surface area contributed by atoms with Crippen LogP contribution >= 0.6 is 11.8 Å². The first kappa shape index (κ1) is 10.7. The minimum atomic E-state index is 0.00199. The zero-order valence-electron chi connectivity index (χ0n) is 8.46. The molecular formula is C9H18N2OS. The summed E-state index contributed by atoms with van der Waals surface area (Å²) in [6.07, 6.45) is 1.25. The van der Waals surface area contributed by atoms with Gasteiger partial charge in [0.1, 0.15) is 0 Å². The van der Waals surface area contributed by atoms with Crippen LogP contribution in [-0.2, 0) is 0 Å². The van der Waals surface area contributed by atoms with E-state index in [4.69, 9.17) is 0 Å². The highest BCUT2D eigenvalue weighted by molar-refractivity contribution is 8.00. The van der Waals surface area contributed by atoms with Crippen molar-refractivity contribution in [3.8, 4) is 0 Å². The van der Waals surface area contributed by atoms with Crippen LogP contribution in [0.25, 0.3) is 0 Å². The Bertz CT molecular complexity index is 186. The Labute approximate surface area is 84.0 Å². The van der Waals surface area contributed by atoms with Crippen molar-refractivity contribution < 1.29 is 4.79 Å². The normalized spacial score (nSPS) is 35.6. The quantitative estimate of drug-likeness (QED) is 0.586. The first-order valence-electron chi connectivity index (χ1n) is 4.87. The van der Waals surface area contributed by atoms with E-state index in [2.05, 4.69) is 31.4 Å². The summed E-state index contributed by atoms with van der Waals surface area (Å²) in [5.74, 6) is 1.06. The highest BCUT2D eigenvalue weighted by Crippen LogP contribution is 2.28. The SMILES string of the molecule is CC1SCC2NC(=O)NC21.CCC. The maximum Gasteiger partial charge on any atom is 0.315 e. The second kappa shape index (κ2) is 4.74. The van der Waals surface area contributed by atoms with Gasteiger partial charge in [0.2, 0.25) is 0 Å². The number of hydrogen-bond acceptors (Lipinski definition) is 2. The Balaban J connectivity index is 0.000000251. The summed E-state index contributed by atoms with van der Waals surface area (Å²) in [7, 11) is 0. The largest absolute Gasteiger partial charge is 0.332 e. The van der Waals surface area contributed by atoms with E-state index in [1.165, 1.54) is 6.42 Å². The van der Waals surface area contributed by atoms with Gasteiger partial charge in [0, 0.05) is 11.0 Å². The predicted octanol–water partition coefficient (Wildman–Crippen LogP) is 1.59. The molecule has 76 valence electrons. The lowest BCUT2D eigenvalue weighted by atomic mass is 10.1. The molecule has 13 heavy (non-hydrogen) atoms. The lowest BCUT2D eigenvalue weighted by Gasteiger charge is -2.09. The molecular weight excluding hydrogens is 184 g/mol. The van der Waals surface area contributed by atoms with Gasteiger partial charge in [-0.2, -0.15) is 11.8 Å². The van der Waals surface area contributed by atoms with Crippen LogP contribution in [0.2, 0.25) is 0 Å². The average molecular weight is 202 g/mol. The number of carbonyl (C=O) groups excluding carboxylic acids is 1. The van der Waals surface area contributed by atoms with E-state index in [0.717, 1.165) is 5.75 Å². The summed E-state index contributed by atoms with van der Waals surface area (Å²) in [6.45, 7) is 6.41.